The molecule has 1 aliphatic rings. The predicted molar refractivity (Wildman–Crippen MR) is 69.4 cm³/mol. The standard InChI is InChI=1S/C14H10N3O4/c1-7(18)16-10-6-4-3-5-9(10)15-11-12(16)14(21)17(8(2)19)13(11)20/h3-6H,1-2H3/q+1. The summed E-state index contributed by atoms with van der Waals surface area (Å²) in [5.74, 6) is -2.77. The van der Waals surface area contributed by atoms with E-state index >= 15 is 0 Å². The van der Waals surface area contributed by atoms with Gasteiger partial charge in [-0.3, -0.25) is 14.4 Å². The van der Waals surface area contributed by atoms with E-state index in [0.29, 0.717) is 15.9 Å². The van der Waals surface area contributed by atoms with Crippen LogP contribution in [0.5, 0.6) is 0 Å². The molecule has 1 aromatic heterocycles. The molecular formula is C14H10N3O4+. The molecule has 104 valence electrons. The molecule has 3 rings (SSSR count). The molecule has 2 heterocycles. The van der Waals surface area contributed by atoms with Gasteiger partial charge in [0, 0.05) is 13.0 Å². The van der Waals surface area contributed by atoms with Gasteiger partial charge in [-0.05, 0) is 6.07 Å². The second kappa shape index (κ2) is 4.27. The number of imide groups is 3. The Labute approximate surface area is 118 Å². The zero-order valence-corrected chi connectivity index (χ0v) is 11.3. The first-order valence-corrected chi connectivity index (χ1v) is 6.18. The van der Waals surface area contributed by atoms with Crippen LogP contribution in [0.25, 0.3) is 11.0 Å². The van der Waals surface area contributed by atoms with E-state index in [1.165, 1.54) is 6.92 Å². The van der Waals surface area contributed by atoms with Crippen molar-refractivity contribution in [2.24, 2.45) is 0 Å². The first-order valence-electron chi connectivity index (χ1n) is 6.18. The molecule has 0 fully saturated rings. The lowest BCUT2D eigenvalue weighted by Crippen LogP contribution is -2.48. The number of hydrogen-bond donors (Lipinski definition) is 0. The van der Waals surface area contributed by atoms with Crippen LogP contribution in [-0.4, -0.2) is 33.5 Å². The lowest BCUT2D eigenvalue weighted by molar-refractivity contribution is -0.547. The maximum atomic E-state index is 12.3. The van der Waals surface area contributed by atoms with Gasteiger partial charge in [0.15, 0.2) is 0 Å². The minimum absolute atomic E-state index is 0.165. The number of hydrogen-bond acceptors (Lipinski definition) is 5. The van der Waals surface area contributed by atoms with Crippen molar-refractivity contribution in [3.05, 3.63) is 35.7 Å². The fourth-order valence-electron chi connectivity index (χ4n) is 2.41. The second-order valence-electron chi connectivity index (χ2n) is 4.62. The third-order valence-electron chi connectivity index (χ3n) is 3.24. The number of nitrogens with zero attached hydrogens (tertiary/aromatic N) is 3. The quantitative estimate of drug-likeness (QED) is 0.513. The Hall–Kier alpha value is -2.96. The highest BCUT2D eigenvalue weighted by atomic mass is 16.2. The Bertz CT molecular complexity index is 857. The van der Waals surface area contributed by atoms with Crippen LogP contribution in [0.1, 0.15) is 39.6 Å². The molecule has 0 spiro atoms. The molecule has 0 saturated heterocycles. The maximum absolute atomic E-state index is 12.3. The zero-order valence-electron chi connectivity index (χ0n) is 11.3. The van der Waals surface area contributed by atoms with Gasteiger partial charge >= 0.3 is 17.5 Å². The minimum atomic E-state index is -0.823. The number of carbonyl (C=O) groups excluding carboxylic acids is 4. The Kier molecular flexibility index (Phi) is 2.65. The number of rotatable bonds is 0. The molecule has 1 aromatic carbocycles. The van der Waals surface area contributed by atoms with Gasteiger partial charge in [-0.15, -0.1) is 4.57 Å². The van der Waals surface area contributed by atoms with E-state index < -0.39 is 23.6 Å². The summed E-state index contributed by atoms with van der Waals surface area (Å²) in [6, 6.07) is 6.65. The van der Waals surface area contributed by atoms with Crippen molar-refractivity contribution in [1.82, 2.24) is 9.88 Å². The van der Waals surface area contributed by atoms with E-state index in [1.54, 1.807) is 24.3 Å². The van der Waals surface area contributed by atoms with E-state index in [0.717, 1.165) is 11.5 Å². The summed E-state index contributed by atoms with van der Waals surface area (Å²) in [6.45, 7) is 2.39. The molecular weight excluding hydrogens is 274 g/mol. The van der Waals surface area contributed by atoms with Gasteiger partial charge in [0.05, 0.1) is 6.92 Å². The summed E-state index contributed by atoms with van der Waals surface area (Å²) in [6.07, 6.45) is 0. The fourth-order valence-corrected chi connectivity index (χ4v) is 2.41. The normalized spacial score (nSPS) is 13.7. The lowest BCUT2D eigenvalue weighted by atomic mass is 10.2. The van der Waals surface area contributed by atoms with E-state index in [1.807, 2.05) is 0 Å². The molecule has 3 amide bonds. The molecule has 2 aromatic rings. The van der Waals surface area contributed by atoms with Crippen molar-refractivity contribution in [1.29, 1.82) is 0 Å². The topological polar surface area (TPSA) is 88.3 Å². The molecule has 7 heteroatoms. The number of aromatic nitrogens is 2. The third kappa shape index (κ3) is 1.67. The number of fused-ring (bicyclic) bond motifs is 2. The molecule has 0 bridgehead atoms. The summed E-state index contributed by atoms with van der Waals surface area (Å²) in [5, 5.41) is 0. The number of benzene rings is 1. The van der Waals surface area contributed by atoms with E-state index in [4.69, 9.17) is 0 Å². The van der Waals surface area contributed by atoms with Crippen molar-refractivity contribution < 1.29 is 23.7 Å². The Balaban J connectivity index is 2.45. The number of para-hydroxylation sites is 2. The van der Waals surface area contributed by atoms with Crippen LogP contribution in [0.4, 0.5) is 0 Å². The van der Waals surface area contributed by atoms with E-state index in [2.05, 4.69) is 4.98 Å². The average molecular weight is 284 g/mol. The minimum Gasteiger partial charge on any atom is -0.274 e. The van der Waals surface area contributed by atoms with Crippen LogP contribution in [0.3, 0.4) is 0 Å². The van der Waals surface area contributed by atoms with E-state index in [-0.39, 0.29) is 11.4 Å². The summed E-state index contributed by atoms with van der Waals surface area (Å²) in [7, 11) is 0. The van der Waals surface area contributed by atoms with Gasteiger partial charge in [0.2, 0.25) is 17.1 Å². The molecule has 0 aliphatic carbocycles. The number of amides is 3. The maximum Gasteiger partial charge on any atom is 0.390 e. The lowest BCUT2D eigenvalue weighted by Gasteiger charge is -2.05. The first-order chi connectivity index (χ1) is 9.93. The number of carbonyl (C=O) groups is 4. The smallest absolute Gasteiger partial charge is 0.274 e. The monoisotopic (exact) mass is 284 g/mol. The van der Waals surface area contributed by atoms with Gasteiger partial charge in [-0.25, -0.2) is 14.7 Å². The highest BCUT2D eigenvalue weighted by Gasteiger charge is 2.49. The Morgan fingerprint density at radius 3 is 2.38 bits per heavy atom. The summed E-state index contributed by atoms with van der Waals surface area (Å²) in [4.78, 5) is 52.5. The summed E-state index contributed by atoms with van der Waals surface area (Å²) < 4.78 is 1.13. The Morgan fingerprint density at radius 2 is 1.76 bits per heavy atom. The van der Waals surface area contributed by atoms with Crippen LogP contribution >= 0.6 is 0 Å². The average Bonchev–Trinajstić information content (AvgIpc) is 2.68. The van der Waals surface area contributed by atoms with Gasteiger partial charge in [0.25, 0.3) is 5.91 Å². The highest BCUT2D eigenvalue weighted by Crippen LogP contribution is 2.21. The second-order valence-corrected chi connectivity index (χ2v) is 4.62. The predicted octanol–water partition coefficient (Wildman–Crippen LogP) is 0.325. The SMILES string of the molecule is CC(=O)N1C(=O)c2nc3ccccc3[n+](C(C)=O)c2C1=O. The van der Waals surface area contributed by atoms with Crippen molar-refractivity contribution in [2.45, 2.75) is 13.8 Å². The molecule has 0 radical (unpaired) electrons. The van der Waals surface area contributed by atoms with Crippen molar-refractivity contribution >= 4 is 34.7 Å². The highest BCUT2D eigenvalue weighted by molar-refractivity contribution is 6.27. The molecule has 0 unspecified atom stereocenters. The largest absolute Gasteiger partial charge is 0.390 e. The molecule has 0 saturated carbocycles. The molecule has 1 aliphatic heterocycles. The third-order valence-corrected chi connectivity index (χ3v) is 3.24. The molecule has 0 atom stereocenters. The van der Waals surface area contributed by atoms with Crippen LogP contribution in [0, 0.1) is 0 Å². The van der Waals surface area contributed by atoms with Crippen molar-refractivity contribution in [3.8, 4) is 0 Å². The fraction of sp³-hybridized carbons (Fsp3) is 0.143. The first kappa shape index (κ1) is 13.0. The summed E-state index contributed by atoms with van der Waals surface area (Å²) in [5.41, 5.74) is 0.471. The van der Waals surface area contributed by atoms with Gasteiger partial charge in [-0.2, -0.15) is 0 Å². The van der Waals surface area contributed by atoms with Crippen LogP contribution < -0.4 is 4.57 Å². The van der Waals surface area contributed by atoms with Crippen LogP contribution in [0.15, 0.2) is 24.3 Å². The van der Waals surface area contributed by atoms with Crippen LogP contribution in [0.2, 0.25) is 0 Å². The van der Waals surface area contributed by atoms with E-state index in [9.17, 15) is 19.2 Å². The zero-order chi connectivity index (χ0) is 15.3. The molecule has 0 N–H and O–H groups in total. The van der Waals surface area contributed by atoms with Gasteiger partial charge < -0.3 is 0 Å². The molecule has 21 heavy (non-hydrogen) atoms. The van der Waals surface area contributed by atoms with Crippen molar-refractivity contribution in [3.63, 3.8) is 0 Å². The van der Waals surface area contributed by atoms with Crippen molar-refractivity contribution in [2.75, 3.05) is 0 Å². The summed E-state index contributed by atoms with van der Waals surface area (Å²) >= 11 is 0. The van der Waals surface area contributed by atoms with Crippen LogP contribution in [-0.2, 0) is 4.79 Å². The Morgan fingerprint density at radius 1 is 1.10 bits per heavy atom. The molecule has 7 nitrogen and oxygen atoms in total. The van der Waals surface area contributed by atoms with Gasteiger partial charge in [-0.1, -0.05) is 12.1 Å². The van der Waals surface area contributed by atoms with Gasteiger partial charge in [0.1, 0.15) is 5.52 Å².